The Morgan fingerprint density at radius 2 is 1.63 bits per heavy atom. The van der Waals surface area contributed by atoms with Crippen LogP contribution in [0.15, 0.2) is 42.5 Å². The first-order valence-corrected chi connectivity index (χ1v) is 8.77. The van der Waals surface area contributed by atoms with Crippen molar-refractivity contribution < 1.29 is 19.5 Å². The van der Waals surface area contributed by atoms with E-state index < -0.39 is 5.97 Å². The molecule has 27 heavy (non-hydrogen) atoms. The molecule has 3 N–H and O–H groups in total. The van der Waals surface area contributed by atoms with Gasteiger partial charge in [-0.2, -0.15) is 0 Å². The molecule has 2 aromatic rings. The lowest BCUT2D eigenvalue weighted by Crippen LogP contribution is -2.23. The van der Waals surface area contributed by atoms with Crippen LogP contribution in [0.2, 0.25) is 0 Å². The van der Waals surface area contributed by atoms with Crippen molar-refractivity contribution in [1.29, 1.82) is 0 Å². The molecule has 0 radical (unpaired) electrons. The molecular weight excluding hydrogens is 344 g/mol. The molecule has 0 aliphatic rings. The Hall–Kier alpha value is -3.15. The predicted molar refractivity (Wildman–Crippen MR) is 104 cm³/mol. The first kappa shape index (κ1) is 20.2. The first-order valence-electron chi connectivity index (χ1n) is 8.77. The number of hydrogen-bond donors (Lipinski definition) is 3. The van der Waals surface area contributed by atoms with Crippen molar-refractivity contribution in [3.63, 3.8) is 0 Å². The molecule has 0 aromatic heterocycles. The maximum absolute atomic E-state index is 12.3. The van der Waals surface area contributed by atoms with Gasteiger partial charge in [-0.05, 0) is 54.3 Å². The molecule has 0 fully saturated rings. The van der Waals surface area contributed by atoms with Crippen LogP contribution >= 0.6 is 0 Å². The molecule has 0 saturated heterocycles. The van der Waals surface area contributed by atoms with Gasteiger partial charge in [-0.25, -0.2) is 4.79 Å². The van der Waals surface area contributed by atoms with Gasteiger partial charge in [0.25, 0.3) is 5.91 Å². The zero-order valence-corrected chi connectivity index (χ0v) is 15.7. The number of rotatable bonds is 7. The highest BCUT2D eigenvalue weighted by Crippen LogP contribution is 2.17. The van der Waals surface area contributed by atoms with Crippen molar-refractivity contribution in [2.45, 2.75) is 33.7 Å². The van der Waals surface area contributed by atoms with Crippen LogP contribution in [0.5, 0.6) is 0 Å². The summed E-state index contributed by atoms with van der Waals surface area (Å²) in [5.41, 5.74) is 3.02. The molecule has 2 amide bonds. The van der Waals surface area contributed by atoms with Gasteiger partial charge in [0, 0.05) is 24.2 Å². The Morgan fingerprint density at radius 1 is 1.00 bits per heavy atom. The summed E-state index contributed by atoms with van der Waals surface area (Å²) in [4.78, 5) is 35.1. The largest absolute Gasteiger partial charge is 0.478 e. The van der Waals surface area contributed by atoms with Crippen molar-refractivity contribution in [2.75, 3.05) is 5.32 Å². The average Bonchev–Trinajstić information content (AvgIpc) is 2.61. The van der Waals surface area contributed by atoms with E-state index in [2.05, 4.69) is 10.6 Å². The zero-order chi connectivity index (χ0) is 20.0. The second-order valence-corrected chi connectivity index (χ2v) is 6.86. The number of carbonyl (C=O) groups is 3. The van der Waals surface area contributed by atoms with E-state index in [1.807, 2.05) is 20.8 Å². The Balaban J connectivity index is 1.97. The number of hydrogen-bond acceptors (Lipinski definition) is 3. The van der Waals surface area contributed by atoms with Crippen molar-refractivity contribution in [1.82, 2.24) is 5.32 Å². The summed E-state index contributed by atoms with van der Waals surface area (Å²) in [6, 6.07) is 11.5. The van der Waals surface area contributed by atoms with Crippen molar-refractivity contribution in [3.8, 4) is 0 Å². The first-order chi connectivity index (χ1) is 12.8. The lowest BCUT2D eigenvalue weighted by molar-refractivity contribution is -0.116. The summed E-state index contributed by atoms with van der Waals surface area (Å²) in [5.74, 6) is -0.989. The number of benzene rings is 2. The summed E-state index contributed by atoms with van der Waals surface area (Å²) < 4.78 is 0. The topological polar surface area (TPSA) is 95.5 Å². The molecule has 0 heterocycles. The third kappa shape index (κ3) is 5.95. The summed E-state index contributed by atoms with van der Waals surface area (Å²) in [5, 5.41) is 14.6. The molecule has 2 rings (SSSR count). The predicted octanol–water partition coefficient (Wildman–Crippen LogP) is 3.61. The minimum Gasteiger partial charge on any atom is -0.478 e. The number of anilines is 1. The Kier molecular flexibility index (Phi) is 6.71. The summed E-state index contributed by atoms with van der Waals surface area (Å²) in [6.45, 7) is 6.10. The number of aromatic carboxylic acids is 1. The average molecular weight is 368 g/mol. The van der Waals surface area contributed by atoms with E-state index in [-0.39, 0.29) is 23.3 Å². The van der Waals surface area contributed by atoms with Gasteiger partial charge < -0.3 is 15.7 Å². The second kappa shape index (κ2) is 8.98. The highest BCUT2D eigenvalue weighted by Gasteiger charge is 2.11. The third-order valence-corrected chi connectivity index (χ3v) is 4.01. The van der Waals surface area contributed by atoms with Gasteiger partial charge in [0.1, 0.15) is 0 Å². The van der Waals surface area contributed by atoms with Gasteiger partial charge in [-0.15, -0.1) is 0 Å². The smallest absolute Gasteiger partial charge is 0.335 e. The third-order valence-electron chi connectivity index (χ3n) is 4.01. The molecule has 6 heteroatoms. The van der Waals surface area contributed by atoms with Crippen LogP contribution in [0.3, 0.4) is 0 Å². The van der Waals surface area contributed by atoms with Crippen molar-refractivity contribution in [2.24, 2.45) is 5.92 Å². The van der Waals surface area contributed by atoms with Crippen LogP contribution in [0.25, 0.3) is 0 Å². The van der Waals surface area contributed by atoms with Crippen LogP contribution in [-0.2, 0) is 11.3 Å². The SMILES string of the molecule is Cc1cc(C(=O)NCc2ccc(C(=O)O)cc2)ccc1NC(=O)CC(C)C. The molecule has 2 aromatic carbocycles. The van der Waals surface area contributed by atoms with Crippen molar-refractivity contribution in [3.05, 3.63) is 64.7 Å². The van der Waals surface area contributed by atoms with Crippen LogP contribution < -0.4 is 10.6 Å². The van der Waals surface area contributed by atoms with E-state index in [1.54, 1.807) is 30.3 Å². The van der Waals surface area contributed by atoms with Gasteiger partial charge in [0.15, 0.2) is 0 Å². The van der Waals surface area contributed by atoms with Crippen LogP contribution in [0.1, 0.15) is 52.1 Å². The van der Waals surface area contributed by atoms with Gasteiger partial charge in [-0.1, -0.05) is 26.0 Å². The van der Waals surface area contributed by atoms with E-state index >= 15 is 0 Å². The van der Waals surface area contributed by atoms with Crippen LogP contribution in [0, 0.1) is 12.8 Å². The lowest BCUT2D eigenvalue weighted by atomic mass is 10.1. The minimum absolute atomic E-state index is 0.0462. The number of carbonyl (C=O) groups excluding carboxylic acids is 2. The monoisotopic (exact) mass is 368 g/mol. The molecule has 0 aliphatic heterocycles. The lowest BCUT2D eigenvalue weighted by Gasteiger charge is -2.12. The van der Waals surface area contributed by atoms with Gasteiger partial charge >= 0.3 is 5.97 Å². The second-order valence-electron chi connectivity index (χ2n) is 6.86. The molecule has 0 bridgehead atoms. The van der Waals surface area contributed by atoms with Gasteiger partial charge in [0.2, 0.25) is 5.91 Å². The molecule has 0 unspecified atom stereocenters. The fraction of sp³-hybridized carbons (Fsp3) is 0.286. The molecule has 0 aliphatic carbocycles. The van der Waals surface area contributed by atoms with E-state index in [4.69, 9.17) is 5.11 Å². The Bertz CT molecular complexity index is 842. The highest BCUT2D eigenvalue weighted by atomic mass is 16.4. The maximum atomic E-state index is 12.3. The van der Waals surface area contributed by atoms with E-state index in [0.29, 0.717) is 24.2 Å². The zero-order valence-electron chi connectivity index (χ0n) is 15.7. The van der Waals surface area contributed by atoms with Crippen LogP contribution in [0.4, 0.5) is 5.69 Å². The number of carboxylic acid groups (broad SMARTS) is 1. The fourth-order valence-electron chi connectivity index (χ4n) is 2.57. The summed E-state index contributed by atoms with van der Waals surface area (Å²) in [6.07, 6.45) is 0.447. The normalized spacial score (nSPS) is 10.5. The van der Waals surface area contributed by atoms with E-state index in [9.17, 15) is 14.4 Å². The van der Waals surface area contributed by atoms with Gasteiger partial charge in [-0.3, -0.25) is 9.59 Å². The number of nitrogens with one attached hydrogen (secondary N) is 2. The Morgan fingerprint density at radius 3 is 2.19 bits per heavy atom. The number of amides is 2. The van der Waals surface area contributed by atoms with Crippen molar-refractivity contribution >= 4 is 23.5 Å². The van der Waals surface area contributed by atoms with Gasteiger partial charge in [0.05, 0.1) is 5.56 Å². The van der Waals surface area contributed by atoms with E-state index in [0.717, 1.165) is 11.1 Å². The highest BCUT2D eigenvalue weighted by molar-refractivity contribution is 5.96. The number of aryl methyl sites for hydroxylation is 1. The summed E-state index contributed by atoms with van der Waals surface area (Å²) in [7, 11) is 0. The molecule has 142 valence electrons. The summed E-state index contributed by atoms with van der Waals surface area (Å²) >= 11 is 0. The molecule has 6 nitrogen and oxygen atoms in total. The molecule has 0 atom stereocenters. The number of carboxylic acids is 1. The quantitative estimate of drug-likeness (QED) is 0.696. The maximum Gasteiger partial charge on any atom is 0.335 e. The molecular formula is C21H24N2O4. The Labute approximate surface area is 158 Å². The van der Waals surface area contributed by atoms with Crippen LogP contribution in [-0.4, -0.2) is 22.9 Å². The minimum atomic E-state index is -0.985. The molecule has 0 spiro atoms. The molecule has 0 saturated carbocycles. The van der Waals surface area contributed by atoms with E-state index in [1.165, 1.54) is 12.1 Å². The standard InChI is InChI=1S/C21H24N2O4/c1-13(2)10-19(24)23-18-9-8-17(11-14(18)3)20(25)22-12-15-4-6-16(7-5-15)21(26)27/h4-9,11,13H,10,12H2,1-3H3,(H,22,25)(H,23,24)(H,26,27). The fourth-order valence-corrected chi connectivity index (χ4v) is 2.57.